The number of benzene rings is 3. The second-order valence-electron chi connectivity index (χ2n) is 5.11. The van der Waals surface area contributed by atoms with E-state index in [-0.39, 0.29) is 37.2 Å². The van der Waals surface area contributed by atoms with Crippen molar-refractivity contribution >= 4 is 71.3 Å². The van der Waals surface area contributed by atoms with E-state index >= 15 is 0 Å². The number of nitrogen functional groups attached to an aromatic ring is 3. The number of nitrogens with zero attached hydrogens (tertiary/aromatic N) is 1. The van der Waals surface area contributed by atoms with Crippen LogP contribution in [0, 0.1) is 0 Å². The van der Waals surface area contributed by atoms with Crippen LogP contribution in [0.4, 0.5) is 34.1 Å². The average molecular weight is 400 g/mol. The van der Waals surface area contributed by atoms with E-state index in [1.807, 2.05) is 72.8 Å². The fourth-order valence-electron chi connectivity index (χ4n) is 2.32. The Labute approximate surface area is 166 Å². The van der Waals surface area contributed by atoms with Gasteiger partial charge < -0.3 is 22.1 Å². The summed E-state index contributed by atoms with van der Waals surface area (Å²) in [6, 6.07) is 23.2. The number of halogens is 3. The van der Waals surface area contributed by atoms with Crippen LogP contribution in [-0.2, 0) is 0 Å². The lowest BCUT2D eigenvalue weighted by Crippen LogP contribution is -2.10. The number of hydrogen-bond donors (Lipinski definition) is 3. The summed E-state index contributed by atoms with van der Waals surface area (Å²) in [6.45, 7) is 0. The normalized spacial score (nSPS) is 9.12. The Morgan fingerprint density at radius 2 is 0.600 bits per heavy atom. The van der Waals surface area contributed by atoms with Crippen molar-refractivity contribution in [1.29, 1.82) is 0 Å². The molecule has 25 heavy (non-hydrogen) atoms. The van der Waals surface area contributed by atoms with Crippen molar-refractivity contribution in [3.8, 4) is 0 Å². The summed E-state index contributed by atoms with van der Waals surface area (Å²) < 4.78 is 0. The summed E-state index contributed by atoms with van der Waals surface area (Å²) in [5.74, 6) is 0. The molecule has 0 heterocycles. The van der Waals surface area contributed by atoms with Gasteiger partial charge in [-0.05, 0) is 72.8 Å². The summed E-state index contributed by atoms with van der Waals surface area (Å²) >= 11 is 0. The van der Waals surface area contributed by atoms with Gasteiger partial charge in [0.25, 0.3) is 0 Å². The zero-order valence-electron chi connectivity index (χ0n) is 13.3. The Morgan fingerprint density at radius 3 is 0.800 bits per heavy atom. The summed E-state index contributed by atoms with van der Waals surface area (Å²) in [5, 5.41) is 0. The van der Waals surface area contributed by atoms with Crippen LogP contribution in [0.2, 0.25) is 0 Å². The molecule has 0 unspecified atom stereocenters. The van der Waals surface area contributed by atoms with Crippen LogP contribution in [0.1, 0.15) is 0 Å². The summed E-state index contributed by atoms with van der Waals surface area (Å²) in [7, 11) is 0. The molecule has 0 bridgehead atoms. The molecule has 0 radical (unpaired) electrons. The minimum absolute atomic E-state index is 0. The molecule has 3 rings (SSSR count). The van der Waals surface area contributed by atoms with Gasteiger partial charge in [-0.25, -0.2) is 0 Å². The second-order valence-corrected chi connectivity index (χ2v) is 5.11. The Bertz CT molecular complexity index is 652. The van der Waals surface area contributed by atoms with E-state index < -0.39 is 0 Å². The minimum Gasteiger partial charge on any atom is -0.399 e. The molecule has 0 fully saturated rings. The second kappa shape index (κ2) is 9.89. The maximum Gasteiger partial charge on any atom is 0.0463 e. The van der Waals surface area contributed by atoms with E-state index in [1.165, 1.54) is 0 Å². The first-order valence-electron chi connectivity index (χ1n) is 7.00. The zero-order valence-corrected chi connectivity index (χ0v) is 15.8. The van der Waals surface area contributed by atoms with E-state index in [2.05, 4.69) is 4.90 Å². The molecule has 3 aromatic rings. The first-order valence-corrected chi connectivity index (χ1v) is 7.00. The predicted octanol–water partition coefficient (Wildman–Crippen LogP) is 5.17. The van der Waals surface area contributed by atoms with Crippen LogP contribution in [0.25, 0.3) is 0 Å². The number of hydrogen-bond acceptors (Lipinski definition) is 4. The van der Waals surface area contributed by atoms with E-state index in [9.17, 15) is 0 Å². The lowest BCUT2D eigenvalue weighted by molar-refractivity contribution is 1.28. The van der Waals surface area contributed by atoms with Crippen LogP contribution < -0.4 is 22.1 Å². The molecule has 0 aromatic heterocycles. The number of rotatable bonds is 3. The van der Waals surface area contributed by atoms with E-state index in [1.54, 1.807) is 0 Å². The maximum atomic E-state index is 5.79. The van der Waals surface area contributed by atoms with Crippen molar-refractivity contribution in [1.82, 2.24) is 0 Å². The molecule has 7 heteroatoms. The Hall–Kier alpha value is -2.27. The van der Waals surface area contributed by atoms with Gasteiger partial charge in [-0.3, -0.25) is 0 Å². The van der Waals surface area contributed by atoms with Gasteiger partial charge in [0.15, 0.2) is 0 Å². The highest BCUT2D eigenvalue weighted by Gasteiger charge is 2.11. The Balaban J connectivity index is 0.00000192. The first kappa shape index (κ1) is 22.7. The highest BCUT2D eigenvalue weighted by Crippen LogP contribution is 2.35. The van der Waals surface area contributed by atoms with Gasteiger partial charge in [0.05, 0.1) is 0 Å². The van der Waals surface area contributed by atoms with Crippen molar-refractivity contribution in [2.75, 3.05) is 22.1 Å². The molecule has 3 aromatic carbocycles. The standard InChI is InChI=1S/C18H18N4.3ClH/c19-13-1-7-16(8-2-13)22(17-9-3-14(20)4-10-17)18-11-5-15(21)6-12-18;;;/h1-12H,19-21H2;3*1H. The zero-order chi connectivity index (χ0) is 15.5. The lowest BCUT2D eigenvalue weighted by Gasteiger charge is -2.25. The van der Waals surface area contributed by atoms with Crippen LogP contribution in [0.5, 0.6) is 0 Å². The minimum atomic E-state index is 0. The molecule has 0 amide bonds. The highest BCUT2D eigenvalue weighted by atomic mass is 35.5. The largest absolute Gasteiger partial charge is 0.399 e. The molecule has 0 saturated heterocycles. The van der Waals surface area contributed by atoms with Crippen molar-refractivity contribution < 1.29 is 0 Å². The third-order valence-electron chi connectivity index (χ3n) is 3.45. The summed E-state index contributed by atoms with van der Waals surface area (Å²) in [4.78, 5) is 2.12. The summed E-state index contributed by atoms with van der Waals surface area (Å²) in [6.07, 6.45) is 0. The summed E-state index contributed by atoms with van der Waals surface area (Å²) in [5.41, 5.74) is 22.6. The van der Waals surface area contributed by atoms with Gasteiger partial charge >= 0.3 is 0 Å². The van der Waals surface area contributed by atoms with Crippen LogP contribution in [0.15, 0.2) is 72.8 Å². The van der Waals surface area contributed by atoms with Gasteiger partial charge in [0.1, 0.15) is 0 Å². The predicted molar refractivity (Wildman–Crippen MR) is 116 cm³/mol. The molecule has 4 nitrogen and oxygen atoms in total. The Kier molecular flexibility index (Phi) is 8.99. The molecular formula is C18H21Cl3N4. The molecule has 134 valence electrons. The fourth-order valence-corrected chi connectivity index (χ4v) is 2.32. The quantitative estimate of drug-likeness (QED) is 0.531. The van der Waals surface area contributed by atoms with Crippen molar-refractivity contribution in [2.45, 2.75) is 0 Å². The van der Waals surface area contributed by atoms with E-state index in [0.29, 0.717) is 0 Å². The molecule has 0 spiro atoms. The Morgan fingerprint density at radius 1 is 0.400 bits per heavy atom. The van der Waals surface area contributed by atoms with Crippen molar-refractivity contribution in [3.63, 3.8) is 0 Å². The lowest BCUT2D eigenvalue weighted by atomic mass is 10.1. The fraction of sp³-hybridized carbons (Fsp3) is 0. The molecule has 0 aliphatic heterocycles. The van der Waals surface area contributed by atoms with Crippen LogP contribution >= 0.6 is 37.2 Å². The van der Waals surface area contributed by atoms with E-state index in [0.717, 1.165) is 34.1 Å². The monoisotopic (exact) mass is 398 g/mol. The highest BCUT2D eigenvalue weighted by molar-refractivity contribution is 5.86. The van der Waals surface area contributed by atoms with Crippen molar-refractivity contribution in [3.05, 3.63) is 72.8 Å². The first-order chi connectivity index (χ1) is 10.6. The maximum absolute atomic E-state index is 5.79. The average Bonchev–Trinajstić information content (AvgIpc) is 2.53. The van der Waals surface area contributed by atoms with Crippen molar-refractivity contribution in [2.24, 2.45) is 0 Å². The third-order valence-corrected chi connectivity index (χ3v) is 3.45. The molecule has 0 aliphatic carbocycles. The molecule has 6 N–H and O–H groups in total. The van der Waals surface area contributed by atoms with Gasteiger partial charge in [-0.2, -0.15) is 0 Å². The molecule has 0 saturated carbocycles. The SMILES string of the molecule is Cl.Cl.Cl.Nc1ccc(N(c2ccc(N)cc2)c2ccc(N)cc2)cc1. The number of nitrogens with two attached hydrogens (primary N) is 3. The molecular weight excluding hydrogens is 379 g/mol. The topological polar surface area (TPSA) is 81.3 Å². The third kappa shape index (κ3) is 5.36. The van der Waals surface area contributed by atoms with Gasteiger partial charge in [0.2, 0.25) is 0 Å². The van der Waals surface area contributed by atoms with E-state index in [4.69, 9.17) is 17.2 Å². The molecule has 0 atom stereocenters. The smallest absolute Gasteiger partial charge is 0.0463 e. The van der Waals surface area contributed by atoms with Crippen LogP contribution in [0.3, 0.4) is 0 Å². The van der Waals surface area contributed by atoms with Crippen LogP contribution in [-0.4, -0.2) is 0 Å². The number of anilines is 6. The molecule has 0 aliphatic rings. The van der Waals surface area contributed by atoms with Gasteiger partial charge in [0, 0.05) is 34.1 Å². The van der Waals surface area contributed by atoms with Gasteiger partial charge in [-0.15, -0.1) is 37.2 Å². The van der Waals surface area contributed by atoms with Gasteiger partial charge in [-0.1, -0.05) is 0 Å².